The van der Waals surface area contributed by atoms with Gasteiger partial charge in [0, 0.05) is 37.6 Å². The van der Waals surface area contributed by atoms with Crippen LogP contribution in [0.2, 0.25) is 0 Å². The predicted molar refractivity (Wildman–Crippen MR) is 141 cm³/mol. The van der Waals surface area contributed by atoms with Crippen LogP contribution < -0.4 is 15.0 Å². The van der Waals surface area contributed by atoms with Gasteiger partial charge in [-0.25, -0.2) is 4.98 Å². The quantitative estimate of drug-likeness (QED) is 0.417. The summed E-state index contributed by atoms with van der Waals surface area (Å²) in [5.41, 5.74) is 3.49. The second-order valence-electron chi connectivity index (χ2n) is 8.89. The van der Waals surface area contributed by atoms with E-state index in [4.69, 9.17) is 14.5 Å². The number of H-pyrrole nitrogens is 1. The van der Waals surface area contributed by atoms with Crippen molar-refractivity contribution in [1.82, 2.24) is 19.8 Å². The number of fused-ring (bicyclic) bond motifs is 1. The van der Waals surface area contributed by atoms with Crippen molar-refractivity contribution in [3.63, 3.8) is 0 Å². The van der Waals surface area contributed by atoms with E-state index in [1.54, 1.807) is 25.6 Å². The average molecular weight is 491 g/mol. The van der Waals surface area contributed by atoms with E-state index in [-0.39, 0.29) is 5.56 Å². The van der Waals surface area contributed by atoms with Crippen LogP contribution in [0.3, 0.4) is 0 Å². The molecule has 0 spiro atoms. The summed E-state index contributed by atoms with van der Waals surface area (Å²) in [4.78, 5) is 27.2. The number of ether oxygens (including phenoxy) is 2. The molecule has 182 valence electrons. The van der Waals surface area contributed by atoms with Crippen LogP contribution in [0.25, 0.3) is 20.7 Å². The molecule has 0 radical (unpaired) electrons. The van der Waals surface area contributed by atoms with Gasteiger partial charge in [-0.3, -0.25) is 14.6 Å². The third-order valence-corrected chi connectivity index (χ3v) is 7.66. The number of piperazine rings is 1. The molecule has 0 unspecified atom stereocenters. The fraction of sp³-hybridized carbons (Fsp3) is 0.333. The number of benzene rings is 2. The van der Waals surface area contributed by atoms with Gasteiger partial charge in [-0.05, 0) is 41.8 Å². The van der Waals surface area contributed by atoms with Gasteiger partial charge in [-0.15, -0.1) is 11.3 Å². The number of thiophene rings is 1. The summed E-state index contributed by atoms with van der Waals surface area (Å²) >= 11 is 1.57. The van der Waals surface area contributed by atoms with Crippen LogP contribution in [0.5, 0.6) is 11.5 Å². The van der Waals surface area contributed by atoms with E-state index in [1.807, 2.05) is 30.3 Å². The number of hydrogen-bond donors (Lipinski definition) is 1. The molecule has 1 aliphatic rings. The third-order valence-electron chi connectivity index (χ3n) is 6.58. The topological polar surface area (TPSA) is 70.7 Å². The minimum absolute atomic E-state index is 0.0639. The SMILES string of the molecule is COc1cc(C)c(CN2CCN(Cc3nc4sc(-c5ccccc5)cc4c(=O)[nH]3)CC2)cc1OC. The average Bonchev–Trinajstić information content (AvgIpc) is 3.31. The summed E-state index contributed by atoms with van der Waals surface area (Å²) in [5.74, 6) is 2.26. The number of aromatic nitrogens is 2. The van der Waals surface area contributed by atoms with Crippen molar-refractivity contribution in [3.05, 3.63) is 75.8 Å². The molecule has 7 nitrogen and oxygen atoms in total. The molecule has 8 heteroatoms. The Morgan fingerprint density at radius 2 is 1.60 bits per heavy atom. The summed E-state index contributed by atoms with van der Waals surface area (Å²) in [5, 5.41) is 0.660. The molecular weight excluding hydrogens is 460 g/mol. The molecule has 0 bridgehead atoms. The number of rotatable bonds is 7. The predicted octanol–water partition coefficient (Wildman–Crippen LogP) is 4.30. The summed E-state index contributed by atoms with van der Waals surface area (Å²) < 4.78 is 10.9. The lowest BCUT2D eigenvalue weighted by Crippen LogP contribution is -2.45. The molecule has 35 heavy (non-hydrogen) atoms. The Morgan fingerprint density at radius 1 is 0.943 bits per heavy atom. The molecule has 1 fully saturated rings. The highest BCUT2D eigenvalue weighted by Gasteiger charge is 2.20. The maximum Gasteiger partial charge on any atom is 0.259 e. The van der Waals surface area contributed by atoms with Crippen molar-refractivity contribution >= 4 is 21.6 Å². The lowest BCUT2D eigenvalue weighted by atomic mass is 10.1. The van der Waals surface area contributed by atoms with Crippen LogP contribution in [0.4, 0.5) is 0 Å². The van der Waals surface area contributed by atoms with Crippen molar-refractivity contribution in [2.75, 3.05) is 40.4 Å². The van der Waals surface area contributed by atoms with Crippen molar-refractivity contribution in [3.8, 4) is 21.9 Å². The number of aryl methyl sites for hydroxylation is 1. The first-order valence-electron chi connectivity index (χ1n) is 11.8. The van der Waals surface area contributed by atoms with Crippen molar-refractivity contribution < 1.29 is 9.47 Å². The van der Waals surface area contributed by atoms with Gasteiger partial charge in [-0.1, -0.05) is 30.3 Å². The Bertz CT molecular complexity index is 1370. The number of hydrogen-bond acceptors (Lipinski definition) is 7. The Morgan fingerprint density at radius 3 is 2.29 bits per heavy atom. The standard InChI is InChI=1S/C27H30N4O3S/c1-18-13-22(33-2)23(34-3)14-20(18)16-30-9-11-31(12-10-30)17-25-28-26(32)21-15-24(35-27(21)29-25)19-7-5-4-6-8-19/h4-8,13-15H,9-12,16-17H2,1-3H3,(H,28,29,32). The minimum atomic E-state index is -0.0639. The molecule has 0 aliphatic carbocycles. The zero-order valence-electron chi connectivity index (χ0n) is 20.3. The minimum Gasteiger partial charge on any atom is -0.493 e. The molecule has 0 saturated carbocycles. The lowest BCUT2D eigenvalue weighted by Gasteiger charge is -2.34. The molecule has 4 aromatic rings. The van der Waals surface area contributed by atoms with E-state index in [9.17, 15) is 4.79 Å². The number of aromatic amines is 1. The maximum absolute atomic E-state index is 12.7. The van der Waals surface area contributed by atoms with Gasteiger partial charge in [0.25, 0.3) is 5.56 Å². The van der Waals surface area contributed by atoms with E-state index < -0.39 is 0 Å². The fourth-order valence-corrected chi connectivity index (χ4v) is 5.60. The van der Waals surface area contributed by atoms with Crippen LogP contribution in [-0.4, -0.2) is 60.2 Å². The molecule has 5 rings (SSSR count). The first-order chi connectivity index (χ1) is 17.0. The van der Waals surface area contributed by atoms with Gasteiger partial charge in [0.05, 0.1) is 26.2 Å². The summed E-state index contributed by atoms with van der Waals surface area (Å²) in [6.45, 7) is 7.39. The van der Waals surface area contributed by atoms with Crippen molar-refractivity contribution in [2.24, 2.45) is 0 Å². The molecule has 1 saturated heterocycles. The summed E-state index contributed by atoms with van der Waals surface area (Å²) in [6.07, 6.45) is 0. The largest absolute Gasteiger partial charge is 0.493 e. The summed E-state index contributed by atoms with van der Waals surface area (Å²) in [7, 11) is 3.33. The van der Waals surface area contributed by atoms with Gasteiger partial charge >= 0.3 is 0 Å². The summed E-state index contributed by atoms with van der Waals surface area (Å²) in [6, 6.07) is 16.2. The third kappa shape index (κ3) is 5.10. The lowest BCUT2D eigenvalue weighted by molar-refractivity contribution is 0.119. The molecule has 1 aliphatic heterocycles. The Hall–Kier alpha value is -3.20. The fourth-order valence-electron chi connectivity index (χ4n) is 4.55. The second-order valence-corrected chi connectivity index (χ2v) is 9.92. The molecule has 0 amide bonds. The Labute approximate surface area is 208 Å². The van der Waals surface area contributed by atoms with E-state index in [0.717, 1.165) is 65.3 Å². The Kier molecular flexibility index (Phi) is 6.86. The van der Waals surface area contributed by atoms with Crippen LogP contribution in [-0.2, 0) is 13.1 Å². The highest BCUT2D eigenvalue weighted by Crippen LogP contribution is 2.32. The second kappa shape index (κ2) is 10.2. The van der Waals surface area contributed by atoms with Crippen LogP contribution >= 0.6 is 11.3 Å². The zero-order chi connectivity index (χ0) is 24.4. The maximum atomic E-state index is 12.7. The van der Waals surface area contributed by atoms with Gasteiger partial charge < -0.3 is 14.5 Å². The van der Waals surface area contributed by atoms with Crippen LogP contribution in [0.1, 0.15) is 17.0 Å². The highest BCUT2D eigenvalue weighted by molar-refractivity contribution is 7.21. The highest BCUT2D eigenvalue weighted by atomic mass is 32.1. The van der Waals surface area contributed by atoms with Crippen LogP contribution in [0, 0.1) is 6.92 Å². The van der Waals surface area contributed by atoms with Crippen molar-refractivity contribution in [1.29, 1.82) is 0 Å². The first kappa shape index (κ1) is 23.5. The smallest absolute Gasteiger partial charge is 0.259 e. The van der Waals surface area contributed by atoms with Crippen molar-refractivity contribution in [2.45, 2.75) is 20.0 Å². The molecule has 2 aromatic carbocycles. The normalized spacial score (nSPS) is 14.9. The van der Waals surface area contributed by atoms with Gasteiger partial charge in [-0.2, -0.15) is 0 Å². The monoisotopic (exact) mass is 490 g/mol. The molecule has 2 aromatic heterocycles. The Balaban J connectivity index is 1.24. The number of nitrogens with one attached hydrogen (secondary N) is 1. The number of nitrogens with zero attached hydrogens (tertiary/aromatic N) is 3. The van der Waals surface area contributed by atoms with E-state index in [1.165, 1.54) is 11.1 Å². The number of methoxy groups -OCH3 is 2. The molecule has 0 atom stereocenters. The molecule has 3 heterocycles. The first-order valence-corrected chi connectivity index (χ1v) is 12.6. The van der Waals surface area contributed by atoms with Gasteiger partial charge in [0.15, 0.2) is 11.5 Å². The molecular formula is C27H30N4O3S. The van der Waals surface area contributed by atoms with Crippen LogP contribution in [0.15, 0.2) is 53.3 Å². The van der Waals surface area contributed by atoms with E-state index in [2.05, 4.69) is 39.9 Å². The van der Waals surface area contributed by atoms with E-state index >= 15 is 0 Å². The van der Waals surface area contributed by atoms with E-state index in [0.29, 0.717) is 11.9 Å². The van der Waals surface area contributed by atoms with Gasteiger partial charge in [0.2, 0.25) is 0 Å². The molecule has 1 N–H and O–H groups in total. The zero-order valence-corrected chi connectivity index (χ0v) is 21.2. The van der Waals surface area contributed by atoms with Gasteiger partial charge in [0.1, 0.15) is 10.7 Å².